The maximum atomic E-state index is 4.91. The fourth-order valence-electron chi connectivity index (χ4n) is 0.837. The standard InChI is InChI=1S/C7H7N5O/c1-13-6-4-8-7(9-5-6)12-10-2-3-11-12/h2-5H,1H3. The van der Waals surface area contributed by atoms with Crippen LogP contribution in [-0.2, 0) is 0 Å². The summed E-state index contributed by atoms with van der Waals surface area (Å²) in [6.45, 7) is 0. The first-order chi connectivity index (χ1) is 6.40. The lowest BCUT2D eigenvalue weighted by molar-refractivity contribution is 0.410. The molecule has 2 aromatic rings. The molecule has 0 fully saturated rings. The van der Waals surface area contributed by atoms with Crippen molar-refractivity contribution in [3.63, 3.8) is 0 Å². The van der Waals surface area contributed by atoms with Gasteiger partial charge in [0.05, 0.1) is 31.9 Å². The quantitative estimate of drug-likeness (QED) is 0.649. The molecule has 0 saturated carbocycles. The SMILES string of the molecule is COc1cnc(-n2nccn2)nc1. The van der Waals surface area contributed by atoms with E-state index in [4.69, 9.17) is 4.74 Å². The van der Waals surface area contributed by atoms with Gasteiger partial charge in [0.25, 0.3) is 5.95 Å². The molecule has 66 valence electrons. The van der Waals surface area contributed by atoms with E-state index in [1.165, 1.54) is 4.80 Å². The highest BCUT2D eigenvalue weighted by molar-refractivity contribution is 5.16. The van der Waals surface area contributed by atoms with Crippen LogP contribution in [-0.4, -0.2) is 32.1 Å². The number of hydrogen-bond acceptors (Lipinski definition) is 5. The molecule has 0 bridgehead atoms. The molecule has 2 aromatic heterocycles. The fourth-order valence-corrected chi connectivity index (χ4v) is 0.837. The Bertz CT molecular complexity index is 368. The monoisotopic (exact) mass is 177 g/mol. The van der Waals surface area contributed by atoms with Gasteiger partial charge in [-0.25, -0.2) is 9.97 Å². The van der Waals surface area contributed by atoms with E-state index in [1.54, 1.807) is 31.9 Å². The van der Waals surface area contributed by atoms with Crippen LogP contribution in [0.3, 0.4) is 0 Å². The van der Waals surface area contributed by atoms with Crippen molar-refractivity contribution in [3.8, 4) is 11.7 Å². The highest BCUT2D eigenvalue weighted by Gasteiger charge is 2.00. The lowest BCUT2D eigenvalue weighted by atomic mass is 10.6. The lowest BCUT2D eigenvalue weighted by Crippen LogP contribution is -2.03. The van der Waals surface area contributed by atoms with Gasteiger partial charge in [0.2, 0.25) is 0 Å². The number of nitrogens with zero attached hydrogens (tertiary/aromatic N) is 5. The van der Waals surface area contributed by atoms with Crippen molar-refractivity contribution in [2.24, 2.45) is 0 Å². The third-order valence-corrected chi connectivity index (χ3v) is 1.45. The average Bonchev–Trinajstić information content (AvgIpc) is 2.71. The molecule has 0 unspecified atom stereocenters. The number of methoxy groups -OCH3 is 1. The highest BCUT2D eigenvalue weighted by Crippen LogP contribution is 2.05. The molecule has 13 heavy (non-hydrogen) atoms. The summed E-state index contributed by atoms with van der Waals surface area (Å²) in [6.07, 6.45) is 6.25. The Hall–Kier alpha value is -1.98. The maximum Gasteiger partial charge on any atom is 0.268 e. The zero-order valence-corrected chi connectivity index (χ0v) is 6.95. The smallest absolute Gasteiger partial charge is 0.268 e. The minimum absolute atomic E-state index is 0.422. The summed E-state index contributed by atoms with van der Waals surface area (Å²) >= 11 is 0. The average molecular weight is 177 g/mol. The number of hydrogen-bond donors (Lipinski definition) is 0. The van der Waals surface area contributed by atoms with Gasteiger partial charge < -0.3 is 4.74 Å². The second-order valence-electron chi connectivity index (χ2n) is 2.24. The van der Waals surface area contributed by atoms with Crippen LogP contribution in [0.5, 0.6) is 5.75 Å². The molecule has 0 radical (unpaired) electrons. The van der Waals surface area contributed by atoms with Crippen LogP contribution < -0.4 is 4.74 Å². The number of ether oxygens (including phenoxy) is 1. The van der Waals surface area contributed by atoms with Crippen LogP contribution in [0.4, 0.5) is 0 Å². The molecule has 0 N–H and O–H groups in total. The van der Waals surface area contributed by atoms with Crippen LogP contribution in [0.2, 0.25) is 0 Å². The van der Waals surface area contributed by atoms with Crippen molar-refractivity contribution in [1.82, 2.24) is 25.0 Å². The molecule has 0 aromatic carbocycles. The van der Waals surface area contributed by atoms with Gasteiger partial charge in [0.15, 0.2) is 5.75 Å². The van der Waals surface area contributed by atoms with E-state index in [2.05, 4.69) is 20.2 Å². The lowest BCUT2D eigenvalue weighted by Gasteiger charge is -1.98. The largest absolute Gasteiger partial charge is 0.494 e. The topological polar surface area (TPSA) is 65.7 Å². The first kappa shape index (κ1) is 7.66. The van der Waals surface area contributed by atoms with Crippen molar-refractivity contribution in [2.75, 3.05) is 7.11 Å². The Morgan fingerprint density at radius 2 is 1.77 bits per heavy atom. The van der Waals surface area contributed by atoms with Crippen molar-refractivity contribution in [1.29, 1.82) is 0 Å². The summed E-state index contributed by atoms with van der Waals surface area (Å²) in [5, 5.41) is 7.76. The molecule has 0 aliphatic rings. The van der Waals surface area contributed by atoms with Gasteiger partial charge in [-0.15, -0.1) is 4.80 Å². The van der Waals surface area contributed by atoms with E-state index in [-0.39, 0.29) is 0 Å². The van der Waals surface area contributed by atoms with E-state index in [0.717, 1.165) is 0 Å². The fraction of sp³-hybridized carbons (Fsp3) is 0.143. The molecule has 0 spiro atoms. The molecule has 6 nitrogen and oxygen atoms in total. The summed E-state index contributed by atoms with van der Waals surface area (Å²) in [6, 6.07) is 0. The molecule has 0 saturated heterocycles. The molecule has 0 aliphatic carbocycles. The Balaban J connectivity index is 2.33. The predicted molar refractivity (Wildman–Crippen MR) is 43.5 cm³/mol. The normalized spacial score (nSPS) is 9.92. The van der Waals surface area contributed by atoms with E-state index >= 15 is 0 Å². The first-order valence-electron chi connectivity index (χ1n) is 3.63. The molecule has 0 atom stereocenters. The summed E-state index contributed by atoms with van der Waals surface area (Å²) in [4.78, 5) is 9.32. The molecule has 2 rings (SSSR count). The van der Waals surface area contributed by atoms with Crippen molar-refractivity contribution >= 4 is 0 Å². The van der Waals surface area contributed by atoms with Gasteiger partial charge in [-0.1, -0.05) is 0 Å². The summed E-state index contributed by atoms with van der Waals surface area (Å²) < 4.78 is 4.91. The molecule has 2 heterocycles. The molecule has 0 amide bonds. The van der Waals surface area contributed by atoms with Crippen molar-refractivity contribution in [2.45, 2.75) is 0 Å². The van der Waals surface area contributed by atoms with Crippen LogP contribution in [0.1, 0.15) is 0 Å². The Morgan fingerprint density at radius 1 is 1.15 bits per heavy atom. The minimum atomic E-state index is 0.422. The maximum absolute atomic E-state index is 4.91. The second-order valence-corrected chi connectivity index (χ2v) is 2.24. The van der Waals surface area contributed by atoms with Crippen LogP contribution in [0.15, 0.2) is 24.8 Å². The number of rotatable bonds is 2. The van der Waals surface area contributed by atoms with E-state index in [0.29, 0.717) is 11.7 Å². The van der Waals surface area contributed by atoms with E-state index in [1.807, 2.05) is 0 Å². The summed E-state index contributed by atoms with van der Waals surface area (Å²) in [5.41, 5.74) is 0. The Labute approximate surface area is 74.2 Å². The van der Waals surface area contributed by atoms with Crippen molar-refractivity contribution in [3.05, 3.63) is 24.8 Å². The van der Waals surface area contributed by atoms with E-state index < -0.39 is 0 Å². The Morgan fingerprint density at radius 3 is 2.31 bits per heavy atom. The predicted octanol–water partition coefficient (Wildman–Crippen LogP) is 0.0659. The molecule has 0 aliphatic heterocycles. The van der Waals surface area contributed by atoms with E-state index in [9.17, 15) is 0 Å². The molecule has 6 heteroatoms. The second kappa shape index (κ2) is 3.18. The van der Waals surface area contributed by atoms with Gasteiger partial charge in [0.1, 0.15) is 0 Å². The van der Waals surface area contributed by atoms with Gasteiger partial charge in [0, 0.05) is 0 Å². The van der Waals surface area contributed by atoms with Gasteiger partial charge in [-0.05, 0) is 0 Å². The summed E-state index contributed by atoms with van der Waals surface area (Å²) in [7, 11) is 1.56. The van der Waals surface area contributed by atoms with Crippen molar-refractivity contribution < 1.29 is 4.74 Å². The van der Waals surface area contributed by atoms with Crippen LogP contribution in [0, 0.1) is 0 Å². The zero-order valence-electron chi connectivity index (χ0n) is 6.95. The number of aromatic nitrogens is 5. The Kier molecular flexibility index (Phi) is 1.87. The van der Waals surface area contributed by atoms with Crippen LogP contribution >= 0.6 is 0 Å². The zero-order chi connectivity index (χ0) is 9.10. The minimum Gasteiger partial charge on any atom is -0.494 e. The molecular formula is C7H7N5O. The first-order valence-corrected chi connectivity index (χ1v) is 3.63. The highest BCUT2D eigenvalue weighted by atomic mass is 16.5. The summed E-state index contributed by atoms with van der Waals surface area (Å²) in [5.74, 6) is 1.03. The third kappa shape index (κ3) is 1.46. The third-order valence-electron chi connectivity index (χ3n) is 1.45. The van der Waals surface area contributed by atoms with Gasteiger partial charge in [-0.3, -0.25) is 0 Å². The molecular weight excluding hydrogens is 170 g/mol. The van der Waals surface area contributed by atoms with Crippen LogP contribution in [0.25, 0.3) is 5.95 Å². The van der Waals surface area contributed by atoms with Gasteiger partial charge in [-0.2, -0.15) is 10.2 Å². The van der Waals surface area contributed by atoms with Gasteiger partial charge >= 0.3 is 0 Å².